The summed E-state index contributed by atoms with van der Waals surface area (Å²) in [5.41, 5.74) is 2.20. The molecule has 3 aliphatic rings. The van der Waals surface area contributed by atoms with Crippen LogP contribution >= 0.6 is 23.2 Å². The first-order valence-corrected chi connectivity index (χ1v) is 17.9. The van der Waals surface area contributed by atoms with Gasteiger partial charge in [-0.15, -0.1) is 0 Å². The summed E-state index contributed by atoms with van der Waals surface area (Å²) in [6, 6.07) is 19.3. The van der Waals surface area contributed by atoms with E-state index in [0.717, 1.165) is 25.9 Å². The second-order valence-corrected chi connectivity index (χ2v) is 13.7. The predicted molar refractivity (Wildman–Crippen MR) is 195 cm³/mol. The number of amides is 1. The van der Waals surface area contributed by atoms with Gasteiger partial charge in [0, 0.05) is 18.5 Å². The predicted octanol–water partition coefficient (Wildman–Crippen LogP) is 6.39. The van der Waals surface area contributed by atoms with Crippen LogP contribution in [-0.2, 0) is 32.0 Å². The van der Waals surface area contributed by atoms with Gasteiger partial charge in [0.15, 0.2) is 29.9 Å². The Hall–Kier alpha value is -5.04. The van der Waals surface area contributed by atoms with Gasteiger partial charge in [-0.1, -0.05) is 71.7 Å². The number of hydrogen-bond donors (Lipinski definition) is 1. The molecular formula is C39H39Cl2N3O9. The van der Waals surface area contributed by atoms with Gasteiger partial charge in [-0.3, -0.25) is 4.90 Å². The third-order valence-corrected chi connectivity index (χ3v) is 10.2. The van der Waals surface area contributed by atoms with Crippen molar-refractivity contribution in [2.24, 2.45) is 5.92 Å². The minimum atomic E-state index is -1.07. The van der Waals surface area contributed by atoms with Crippen molar-refractivity contribution in [3.8, 4) is 11.5 Å². The molecule has 3 fully saturated rings. The number of hydrogen-bond acceptors (Lipinski definition) is 10. The number of nitrogens with zero attached hydrogens (tertiary/aromatic N) is 2. The molecule has 1 aromatic heterocycles. The molecule has 14 heteroatoms. The van der Waals surface area contributed by atoms with Crippen LogP contribution in [0, 0.1) is 11.1 Å². The fourth-order valence-electron chi connectivity index (χ4n) is 6.67. The second-order valence-electron chi connectivity index (χ2n) is 12.9. The molecule has 3 aromatic carbocycles. The van der Waals surface area contributed by atoms with Gasteiger partial charge in [-0.2, -0.15) is 4.73 Å². The Morgan fingerprint density at radius 3 is 2.28 bits per heavy atom. The number of piperidine rings is 3. The molecule has 278 valence electrons. The fourth-order valence-corrected chi connectivity index (χ4v) is 7.27. The first-order chi connectivity index (χ1) is 25.6. The van der Waals surface area contributed by atoms with Crippen molar-refractivity contribution in [1.29, 1.82) is 0 Å². The fraction of sp³-hybridized carbons (Fsp3) is 0.333. The monoisotopic (exact) mass is 763 g/mol. The van der Waals surface area contributed by atoms with Crippen LogP contribution in [0.1, 0.15) is 57.6 Å². The molecule has 3 aliphatic heterocycles. The van der Waals surface area contributed by atoms with Gasteiger partial charge in [0.1, 0.15) is 28.9 Å². The average molecular weight is 765 g/mol. The number of nitrogens with one attached hydrogen (secondary N) is 1. The number of ether oxygens (including phenoxy) is 5. The molecule has 4 aromatic rings. The van der Waals surface area contributed by atoms with Gasteiger partial charge in [0.2, 0.25) is 0 Å². The number of alkyl carbamates (subject to hydrolysis) is 1. The maximum Gasteiger partial charge on any atom is 0.408 e. The van der Waals surface area contributed by atoms with E-state index in [9.17, 15) is 19.6 Å². The highest BCUT2D eigenvalue weighted by Crippen LogP contribution is 2.36. The molecule has 0 spiro atoms. The van der Waals surface area contributed by atoms with E-state index in [1.807, 2.05) is 6.07 Å². The lowest BCUT2D eigenvalue weighted by molar-refractivity contribution is -0.605. The van der Waals surface area contributed by atoms with Crippen molar-refractivity contribution in [3.05, 3.63) is 128 Å². The zero-order valence-corrected chi connectivity index (χ0v) is 30.7. The molecule has 2 bridgehead atoms. The highest BCUT2D eigenvalue weighted by molar-refractivity contribution is 6.35. The Balaban J connectivity index is 1.14. The Kier molecular flexibility index (Phi) is 12.2. The second kappa shape index (κ2) is 17.2. The van der Waals surface area contributed by atoms with Crippen LogP contribution in [0.25, 0.3) is 0 Å². The van der Waals surface area contributed by atoms with E-state index >= 15 is 0 Å². The first-order valence-electron chi connectivity index (χ1n) is 17.1. The number of methoxy groups -OCH3 is 2. The standard InChI is InChI=1S/C39H39Cl2N3O9/c1-49-32-12-11-27(18-34(32)50-2)33(19-29-30(40)20-44(48)21-31(29)41)52-37(45)28-10-6-7-24(17-28)23-51-39(47)42-36(26-8-4-3-5-9-26)38(46)53-35-22-43-15-13-25(35)14-16-43/h3-12,17-18,20-21,25,33,35-36H,13-16,19,22-23H2,1-2H3,(H,42,47)/t33?,35-,36?/m0/s1. The number of benzene rings is 3. The van der Waals surface area contributed by atoms with Gasteiger partial charge in [0.05, 0.1) is 19.8 Å². The minimum absolute atomic E-state index is 0.0351. The summed E-state index contributed by atoms with van der Waals surface area (Å²) < 4.78 is 28.8. The van der Waals surface area contributed by atoms with E-state index in [-0.39, 0.29) is 34.7 Å². The lowest BCUT2D eigenvalue weighted by atomic mass is 9.86. The maximum absolute atomic E-state index is 13.6. The number of esters is 2. The van der Waals surface area contributed by atoms with E-state index in [2.05, 4.69) is 10.2 Å². The van der Waals surface area contributed by atoms with Crippen molar-refractivity contribution in [2.75, 3.05) is 33.9 Å². The summed E-state index contributed by atoms with van der Waals surface area (Å²) in [6.45, 7) is 2.49. The molecule has 3 saturated heterocycles. The molecule has 7 rings (SSSR count). The smallest absolute Gasteiger partial charge is 0.408 e. The normalized spacial score (nSPS) is 18.7. The van der Waals surface area contributed by atoms with Crippen LogP contribution in [0.3, 0.4) is 0 Å². The van der Waals surface area contributed by atoms with Crippen LogP contribution in [0.5, 0.6) is 11.5 Å². The van der Waals surface area contributed by atoms with Crippen LogP contribution in [0.15, 0.2) is 85.2 Å². The van der Waals surface area contributed by atoms with Crippen LogP contribution in [-0.4, -0.2) is 62.9 Å². The molecule has 4 heterocycles. The number of aromatic nitrogens is 1. The lowest BCUT2D eigenvalue weighted by Gasteiger charge is -2.44. The summed E-state index contributed by atoms with van der Waals surface area (Å²) in [7, 11) is 2.99. The van der Waals surface area contributed by atoms with Gasteiger partial charge in [-0.05, 0) is 72.8 Å². The summed E-state index contributed by atoms with van der Waals surface area (Å²) >= 11 is 12.8. The van der Waals surface area contributed by atoms with E-state index in [1.165, 1.54) is 26.6 Å². The number of carbonyl (C=O) groups is 3. The molecule has 2 unspecified atom stereocenters. The quantitative estimate of drug-likeness (QED) is 0.0706. The van der Waals surface area contributed by atoms with E-state index < -0.39 is 30.2 Å². The minimum Gasteiger partial charge on any atom is -0.619 e. The first kappa shape index (κ1) is 37.7. The van der Waals surface area contributed by atoms with E-state index in [0.29, 0.717) is 50.9 Å². The molecule has 0 radical (unpaired) electrons. The van der Waals surface area contributed by atoms with Gasteiger partial charge in [-0.25, -0.2) is 14.4 Å². The van der Waals surface area contributed by atoms with Crippen molar-refractivity contribution in [1.82, 2.24) is 10.2 Å². The van der Waals surface area contributed by atoms with Crippen LogP contribution in [0.2, 0.25) is 10.0 Å². The van der Waals surface area contributed by atoms with Gasteiger partial charge in [0.25, 0.3) is 0 Å². The summed E-state index contributed by atoms with van der Waals surface area (Å²) in [5.74, 6) is -0.0419. The zero-order valence-electron chi connectivity index (χ0n) is 29.2. The van der Waals surface area contributed by atoms with E-state index in [4.69, 9.17) is 46.9 Å². The summed E-state index contributed by atoms with van der Waals surface area (Å²) in [6.07, 6.45) is 2.35. The maximum atomic E-state index is 13.6. The highest BCUT2D eigenvalue weighted by atomic mass is 35.5. The largest absolute Gasteiger partial charge is 0.619 e. The Morgan fingerprint density at radius 2 is 1.62 bits per heavy atom. The van der Waals surface area contributed by atoms with Gasteiger partial charge >= 0.3 is 18.0 Å². The molecular weight excluding hydrogens is 725 g/mol. The third kappa shape index (κ3) is 9.31. The SMILES string of the molecule is COc1ccc(C(Cc2c(Cl)c[n+]([O-])cc2Cl)OC(=O)c2cccc(COC(=O)NC(C(=O)O[C@H]3CN4CCC3CC4)c3ccccc3)c2)cc1OC. The van der Waals surface area contributed by atoms with E-state index in [1.54, 1.807) is 66.7 Å². The number of rotatable bonds is 13. The molecule has 1 N–H and O–H groups in total. The summed E-state index contributed by atoms with van der Waals surface area (Å²) in [4.78, 5) is 42.4. The summed E-state index contributed by atoms with van der Waals surface area (Å²) in [5, 5.41) is 14.8. The number of pyridine rings is 1. The molecule has 12 nitrogen and oxygen atoms in total. The Labute approximate surface area is 317 Å². The topological polar surface area (TPSA) is 140 Å². The Bertz CT molecular complexity index is 1920. The van der Waals surface area contributed by atoms with Crippen molar-refractivity contribution < 1.29 is 42.8 Å². The third-order valence-electron chi connectivity index (χ3n) is 9.50. The molecule has 3 atom stereocenters. The van der Waals surface area contributed by atoms with Crippen molar-refractivity contribution >= 4 is 41.2 Å². The Morgan fingerprint density at radius 1 is 0.906 bits per heavy atom. The van der Waals surface area contributed by atoms with Crippen LogP contribution < -0.4 is 19.5 Å². The molecule has 0 aliphatic carbocycles. The number of carbonyl (C=O) groups excluding carboxylic acids is 3. The average Bonchev–Trinajstić information content (AvgIpc) is 3.17. The van der Waals surface area contributed by atoms with Gasteiger partial charge < -0.3 is 34.2 Å². The number of halogens is 2. The molecule has 1 amide bonds. The number of fused-ring (bicyclic) bond motifs is 3. The zero-order chi connectivity index (χ0) is 37.5. The highest BCUT2D eigenvalue weighted by Gasteiger charge is 2.38. The van der Waals surface area contributed by atoms with Crippen molar-refractivity contribution in [2.45, 2.75) is 44.1 Å². The molecule has 53 heavy (non-hydrogen) atoms. The van der Waals surface area contributed by atoms with Crippen molar-refractivity contribution in [3.63, 3.8) is 0 Å². The molecule has 0 saturated carbocycles. The lowest BCUT2D eigenvalue weighted by Crippen LogP contribution is -2.52. The van der Waals surface area contributed by atoms with Crippen LogP contribution in [0.4, 0.5) is 4.79 Å².